The molecule has 2 aliphatic rings. The summed E-state index contributed by atoms with van der Waals surface area (Å²) in [6, 6.07) is 9.47. The monoisotopic (exact) mass is 333 g/mol. The van der Waals surface area contributed by atoms with Gasteiger partial charge in [0.2, 0.25) is 0 Å². The molecule has 3 atom stereocenters. The van der Waals surface area contributed by atoms with Crippen LogP contribution in [0.3, 0.4) is 0 Å². The first-order valence-electron chi connectivity index (χ1n) is 8.28. The number of methoxy groups -OCH3 is 1. The molecule has 0 bridgehead atoms. The van der Waals surface area contributed by atoms with Gasteiger partial charge in [0.25, 0.3) is 0 Å². The molecule has 1 N–H and O–H groups in total. The summed E-state index contributed by atoms with van der Waals surface area (Å²) in [6.07, 6.45) is 1.82. The van der Waals surface area contributed by atoms with E-state index in [1.54, 1.807) is 0 Å². The summed E-state index contributed by atoms with van der Waals surface area (Å²) in [4.78, 5) is 26.0. The lowest BCUT2D eigenvalue weighted by molar-refractivity contribution is -0.152. The lowest BCUT2D eigenvalue weighted by Gasteiger charge is -2.32. The average molecular weight is 333 g/mol. The standard InChI is InChI=1S/C18H23NO5/c1-23-17(22)18-8-5-9-19(18)15(14(10-18)16(20)21)12-24-11-13-6-3-2-4-7-13/h2-4,6-7,14-15H,5,8-12H2,1H3,(H,20,21)/t14-,15-,18+/m0/s1. The normalized spacial score (nSPS) is 29.4. The van der Waals surface area contributed by atoms with E-state index in [0.29, 0.717) is 32.6 Å². The Hall–Kier alpha value is -1.92. The molecule has 2 saturated heterocycles. The first-order valence-corrected chi connectivity index (χ1v) is 8.28. The fourth-order valence-electron chi connectivity index (χ4n) is 4.14. The number of nitrogens with zero attached hydrogens (tertiary/aromatic N) is 1. The number of esters is 1. The zero-order valence-corrected chi connectivity index (χ0v) is 13.8. The summed E-state index contributed by atoms with van der Waals surface area (Å²) < 4.78 is 10.8. The number of carbonyl (C=O) groups excluding carboxylic acids is 1. The van der Waals surface area contributed by atoms with Gasteiger partial charge in [-0.3, -0.25) is 14.5 Å². The molecule has 6 heteroatoms. The molecule has 6 nitrogen and oxygen atoms in total. The highest BCUT2D eigenvalue weighted by Gasteiger charge is 2.60. The van der Waals surface area contributed by atoms with Crippen molar-refractivity contribution in [3.8, 4) is 0 Å². The van der Waals surface area contributed by atoms with E-state index in [2.05, 4.69) is 0 Å². The van der Waals surface area contributed by atoms with Crippen molar-refractivity contribution in [2.45, 2.75) is 37.5 Å². The lowest BCUT2D eigenvalue weighted by Crippen LogP contribution is -2.50. The number of carboxylic acid groups (broad SMARTS) is 1. The van der Waals surface area contributed by atoms with Crippen molar-refractivity contribution < 1.29 is 24.2 Å². The predicted molar refractivity (Wildman–Crippen MR) is 86.3 cm³/mol. The van der Waals surface area contributed by atoms with Gasteiger partial charge in [0.05, 0.1) is 26.2 Å². The number of fused-ring (bicyclic) bond motifs is 1. The maximum Gasteiger partial charge on any atom is 0.326 e. The van der Waals surface area contributed by atoms with Gasteiger partial charge in [-0.05, 0) is 31.4 Å². The molecule has 0 spiro atoms. The van der Waals surface area contributed by atoms with Gasteiger partial charge in [-0.2, -0.15) is 0 Å². The maximum absolute atomic E-state index is 12.3. The fraction of sp³-hybridized carbons (Fsp3) is 0.556. The third-order valence-electron chi connectivity index (χ3n) is 5.24. The number of carboxylic acids is 1. The van der Waals surface area contributed by atoms with E-state index in [-0.39, 0.29) is 12.0 Å². The highest BCUT2D eigenvalue weighted by atomic mass is 16.5. The summed E-state index contributed by atoms with van der Waals surface area (Å²) >= 11 is 0. The Balaban J connectivity index is 1.72. The largest absolute Gasteiger partial charge is 0.481 e. The number of aliphatic carboxylic acids is 1. The molecule has 0 radical (unpaired) electrons. The van der Waals surface area contributed by atoms with Gasteiger partial charge >= 0.3 is 11.9 Å². The highest BCUT2D eigenvalue weighted by Crippen LogP contribution is 2.46. The third kappa shape index (κ3) is 2.91. The second-order valence-electron chi connectivity index (χ2n) is 6.54. The molecule has 1 aromatic rings. The summed E-state index contributed by atoms with van der Waals surface area (Å²) in [5, 5.41) is 9.59. The molecular formula is C18H23NO5. The Kier molecular flexibility index (Phi) is 4.87. The molecule has 2 heterocycles. The summed E-state index contributed by atoms with van der Waals surface area (Å²) in [5.74, 6) is -1.81. The molecule has 0 unspecified atom stereocenters. The smallest absolute Gasteiger partial charge is 0.326 e. The van der Waals surface area contributed by atoms with E-state index in [0.717, 1.165) is 12.0 Å². The molecule has 0 amide bonds. The molecule has 2 aliphatic heterocycles. The SMILES string of the molecule is COC(=O)[C@]12CCCN1[C@@H](COCc1ccccc1)[C@@H](C(=O)O)C2. The van der Waals surface area contributed by atoms with E-state index in [1.165, 1.54) is 7.11 Å². The van der Waals surface area contributed by atoms with Gasteiger partial charge in [0.1, 0.15) is 5.54 Å². The topological polar surface area (TPSA) is 76.1 Å². The van der Waals surface area contributed by atoms with Crippen molar-refractivity contribution in [2.24, 2.45) is 5.92 Å². The average Bonchev–Trinajstić information content (AvgIpc) is 3.13. The first-order chi connectivity index (χ1) is 11.6. The molecule has 2 fully saturated rings. The van der Waals surface area contributed by atoms with Crippen molar-refractivity contribution in [1.82, 2.24) is 4.90 Å². The Morgan fingerprint density at radius 2 is 2.08 bits per heavy atom. The minimum absolute atomic E-state index is 0.296. The maximum atomic E-state index is 12.3. The number of ether oxygens (including phenoxy) is 2. The number of hydrogen-bond donors (Lipinski definition) is 1. The van der Waals surface area contributed by atoms with Crippen LogP contribution in [0.4, 0.5) is 0 Å². The quantitative estimate of drug-likeness (QED) is 0.798. The first kappa shape index (κ1) is 16.9. The van der Waals surface area contributed by atoms with Gasteiger partial charge in [-0.25, -0.2) is 0 Å². The number of rotatable bonds is 6. The summed E-state index contributed by atoms with van der Waals surface area (Å²) in [6.45, 7) is 1.44. The van der Waals surface area contributed by atoms with Crippen LogP contribution in [0.15, 0.2) is 30.3 Å². The zero-order valence-electron chi connectivity index (χ0n) is 13.8. The highest BCUT2D eigenvalue weighted by molar-refractivity contribution is 5.84. The Morgan fingerprint density at radius 1 is 1.33 bits per heavy atom. The van der Waals surface area contributed by atoms with Crippen LogP contribution in [0.2, 0.25) is 0 Å². The molecule has 130 valence electrons. The van der Waals surface area contributed by atoms with Crippen molar-refractivity contribution >= 4 is 11.9 Å². The van der Waals surface area contributed by atoms with Crippen LogP contribution in [-0.2, 0) is 25.7 Å². The fourth-order valence-corrected chi connectivity index (χ4v) is 4.14. The third-order valence-corrected chi connectivity index (χ3v) is 5.24. The second-order valence-corrected chi connectivity index (χ2v) is 6.54. The Bertz CT molecular complexity index is 605. The summed E-state index contributed by atoms with van der Waals surface area (Å²) in [7, 11) is 1.36. The van der Waals surface area contributed by atoms with E-state index in [1.807, 2.05) is 35.2 Å². The van der Waals surface area contributed by atoms with E-state index >= 15 is 0 Å². The molecular weight excluding hydrogens is 310 g/mol. The second kappa shape index (κ2) is 6.91. The van der Waals surface area contributed by atoms with Crippen LogP contribution in [0, 0.1) is 5.92 Å². The van der Waals surface area contributed by atoms with Crippen LogP contribution in [0.5, 0.6) is 0 Å². The molecule has 24 heavy (non-hydrogen) atoms. The molecule has 1 aromatic carbocycles. The van der Waals surface area contributed by atoms with Gasteiger partial charge in [0, 0.05) is 6.04 Å². The molecule has 0 aromatic heterocycles. The van der Waals surface area contributed by atoms with Gasteiger partial charge in [-0.15, -0.1) is 0 Å². The predicted octanol–water partition coefficient (Wildman–Crippen LogP) is 1.68. The van der Waals surface area contributed by atoms with E-state index < -0.39 is 17.4 Å². The van der Waals surface area contributed by atoms with Crippen LogP contribution in [-0.4, -0.2) is 53.8 Å². The van der Waals surface area contributed by atoms with Crippen molar-refractivity contribution in [3.63, 3.8) is 0 Å². The number of carbonyl (C=O) groups is 2. The van der Waals surface area contributed by atoms with Crippen molar-refractivity contribution in [1.29, 1.82) is 0 Å². The van der Waals surface area contributed by atoms with Crippen LogP contribution in [0.25, 0.3) is 0 Å². The molecule has 0 aliphatic carbocycles. The van der Waals surface area contributed by atoms with Gasteiger partial charge in [-0.1, -0.05) is 30.3 Å². The van der Waals surface area contributed by atoms with Crippen molar-refractivity contribution in [3.05, 3.63) is 35.9 Å². The van der Waals surface area contributed by atoms with Crippen LogP contribution < -0.4 is 0 Å². The molecule has 0 saturated carbocycles. The van der Waals surface area contributed by atoms with Gasteiger partial charge < -0.3 is 14.6 Å². The van der Waals surface area contributed by atoms with Crippen LogP contribution in [0.1, 0.15) is 24.8 Å². The van der Waals surface area contributed by atoms with Crippen molar-refractivity contribution in [2.75, 3.05) is 20.3 Å². The Labute approximate surface area is 141 Å². The van der Waals surface area contributed by atoms with Crippen LogP contribution >= 0.6 is 0 Å². The zero-order chi connectivity index (χ0) is 17.2. The minimum atomic E-state index is -0.874. The minimum Gasteiger partial charge on any atom is -0.481 e. The number of hydrogen-bond acceptors (Lipinski definition) is 5. The lowest BCUT2D eigenvalue weighted by atomic mass is 9.89. The van der Waals surface area contributed by atoms with Gasteiger partial charge in [0.15, 0.2) is 0 Å². The van der Waals surface area contributed by atoms with E-state index in [4.69, 9.17) is 9.47 Å². The summed E-state index contributed by atoms with van der Waals surface area (Å²) in [5.41, 5.74) is 0.251. The van der Waals surface area contributed by atoms with E-state index in [9.17, 15) is 14.7 Å². The number of benzene rings is 1. The molecule has 3 rings (SSSR count). The Morgan fingerprint density at radius 3 is 2.75 bits per heavy atom.